The topological polar surface area (TPSA) is 58.2 Å². The number of amides is 2. The first kappa shape index (κ1) is 16.7. The Balaban J connectivity index is 1.73. The zero-order valence-electron chi connectivity index (χ0n) is 13.6. The van der Waals surface area contributed by atoms with E-state index in [0.29, 0.717) is 13.1 Å². The van der Waals surface area contributed by atoms with Crippen molar-refractivity contribution >= 4 is 11.8 Å². The van der Waals surface area contributed by atoms with Crippen molar-refractivity contribution in [1.82, 2.24) is 10.6 Å². The van der Waals surface area contributed by atoms with Crippen LogP contribution < -0.4 is 10.6 Å². The molecule has 0 heterocycles. The van der Waals surface area contributed by atoms with E-state index in [2.05, 4.69) is 10.6 Å². The normalized spacial score (nSPS) is 10.2. The van der Waals surface area contributed by atoms with E-state index in [1.54, 1.807) is 0 Å². The van der Waals surface area contributed by atoms with Gasteiger partial charge in [0.15, 0.2) is 0 Å². The molecule has 0 atom stereocenters. The van der Waals surface area contributed by atoms with E-state index in [4.69, 9.17) is 0 Å². The fraction of sp³-hybridized carbons (Fsp3) is 0.263. The van der Waals surface area contributed by atoms with Gasteiger partial charge in [-0.15, -0.1) is 0 Å². The van der Waals surface area contributed by atoms with Gasteiger partial charge in [0.05, 0.1) is 0 Å². The van der Waals surface area contributed by atoms with Crippen molar-refractivity contribution in [3.63, 3.8) is 0 Å². The van der Waals surface area contributed by atoms with Crippen molar-refractivity contribution in [2.75, 3.05) is 0 Å². The lowest BCUT2D eigenvalue weighted by molar-refractivity contribution is -0.129. The second-order valence-corrected chi connectivity index (χ2v) is 5.71. The van der Waals surface area contributed by atoms with Gasteiger partial charge in [-0.2, -0.15) is 0 Å². The predicted molar refractivity (Wildman–Crippen MR) is 90.7 cm³/mol. The number of carbonyl (C=O) groups is 2. The van der Waals surface area contributed by atoms with Crippen molar-refractivity contribution in [2.45, 2.75) is 33.4 Å². The first-order chi connectivity index (χ1) is 11.0. The van der Waals surface area contributed by atoms with Crippen LogP contribution in [0.3, 0.4) is 0 Å². The lowest BCUT2D eigenvalue weighted by Crippen LogP contribution is -2.31. The molecule has 0 aromatic heterocycles. The minimum absolute atomic E-state index is 0.155. The van der Waals surface area contributed by atoms with Crippen molar-refractivity contribution in [1.29, 1.82) is 0 Å². The summed E-state index contributed by atoms with van der Waals surface area (Å²) >= 11 is 0. The Morgan fingerprint density at radius 2 is 1.22 bits per heavy atom. The molecule has 4 nitrogen and oxygen atoms in total. The number of hydrogen-bond acceptors (Lipinski definition) is 2. The summed E-state index contributed by atoms with van der Waals surface area (Å²) in [6.45, 7) is 4.88. The molecular formula is C19H22N2O2. The monoisotopic (exact) mass is 310 g/mol. The maximum absolute atomic E-state index is 11.8. The highest BCUT2D eigenvalue weighted by Crippen LogP contribution is 2.04. The third kappa shape index (κ3) is 5.94. The molecule has 0 aliphatic carbocycles. The molecule has 2 N–H and O–H groups in total. The van der Waals surface area contributed by atoms with E-state index in [9.17, 15) is 9.59 Å². The minimum Gasteiger partial charge on any atom is -0.352 e. The van der Waals surface area contributed by atoms with Crippen LogP contribution in [0.4, 0.5) is 0 Å². The summed E-state index contributed by atoms with van der Waals surface area (Å²) in [4.78, 5) is 23.6. The van der Waals surface area contributed by atoms with Crippen LogP contribution in [0, 0.1) is 13.8 Å². The van der Waals surface area contributed by atoms with Crippen molar-refractivity contribution in [3.05, 3.63) is 70.8 Å². The fourth-order valence-corrected chi connectivity index (χ4v) is 2.32. The highest BCUT2D eigenvalue weighted by molar-refractivity contribution is 5.96. The van der Waals surface area contributed by atoms with Gasteiger partial charge in [-0.1, -0.05) is 59.7 Å². The van der Waals surface area contributed by atoms with Crippen LogP contribution >= 0.6 is 0 Å². The number of rotatable bonds is 6. The van der Waals surface area contributed by atoms with Gasteiger partial charge in [-0.05, 0) is 25.0 Å². The molecule has 0 saturated carbocycles. The predicted octanol–water partition coefficient (Wildman–Crippen LogP) is 2.63. The molecule has 120 valence electrons. The summed E-state index contributed by atoms with van der Waals surface area (Å²) in [6.07, 6.45) is -0.155. The van der Waals surface area contributed by atoms with Gasteiger partial charge in [0, 0.05) is 13.1 Å². The SMILES string of the molecule is Cc1cccc(CNC(=O)CC(=O)NCc2cccc(C)c2)c1. The third-order valence-electron chi connectivity index (χ3n) is 3.47. The number of hydrogen-bond donors (Lipinski definition) is 2. The molecule has 2 aromatic carbocycles. The Labute approximate surface area is 136 Å². The second kappa shape index (κ2) is 8.13. The van der Waals surface area contributed by atoms with Crippen LogP contribution in [-0.4, -0.2) is 11.8 Å². The molecule has 0 saturated heterocycles. The van der Waals surface area contributed by atoms with Crippen molar-refractivity contribution in [3.8, 4) is 0 Å². The van der Waals surface area contributed by atoms with Gasteiger partial charge >= 0.3 is 0 Å². The Morgan fingerprint density at radius 1 is 0.783 bits per heavy atom. The van der Waals surface area contributed by atoms with Crippen LogP contribution in [0.5, 0.6) is 0 Å². The Kier molecular flexibility index (Phi) is 5.92. The number of aryl methyl sites for hydroxylation is 2. The van der Waals surface area contributed by atoms with Gasteiger partial charge in [0.2, 0.25) is 11.8 Å². The van der Waals surface area contributed by atoms with Gasteiger partial charge < -0.3 is 10.6 Å². The maximum atomic E-state index is 11.8. The van der Waals surface area contributed by atoms with E-state index in [1.807, 2.05) is 62.4 Å². The summed E-state index contributed by atoms with van der Waals surface area (Å²) in [7, 11) is 0. The molecule has 0 bridgehead atoms. The standard InChI is InChI=1S/C19H22N2O2/c1-14-5-3-7-16(9-14)12-20-18(22)11-19(23)21-13-17-8-4-6-15(2)10-17/h3-10H,11-13H2,1-2H3,(H,20,22)(H,21,23). The first-order valence-electron chi connectivity index (χ1n) is 7.67. The van der Waals surface area contributed by atoms with Crippen molar-refractivity contribution in [2.24, 2.45) is 0 Å². The minimum atomic E-state index is -0.270. The average Bonchev–Trinajstić information content (AvgIpc) is 2.51. The van der Waals surface area contributed by atoms with E-state index < -0.39 is 0 Å². The van der Waals surface area contributed by atoms with E-state index in [0.717, 1.165) is 22.3 Å². The molecule has 0 fully saturated rings. The van der Waals surface area contributed by atoms with Crippen LogP contribution in [-0.2, 0) is 22.7 Å². The van der Waals surface area contributed by atoms with Crippen LogP contribution in [0.15, 0.2) is 48.5 Å². The van der Waals surface area contributed by atoms with Gasteiger partial charge in [-0.3, -0.25) is 9.59 Å². The van der Waals surface area contributed by atoms with E-state index in [-0.39, 0.29) is 18.2 Å². The van der Waals surface area contributed by atoms with Crippen LogP contribution in [0.2, 0.25) is 0 Å². The van der Waals surface area contributed by atoms with Gasteiger partial charge in [0.1, 0.15) is 6.42 Å². The summed E-state index contributed by atoms with van der Waals surface area (Å²) in [5.74, 6) is -0.540. The number of benzene rings is 2. The Morgan fingerprint density at radius 3 is 1.61 bits per heavy atom. The van der Waals surface area contributed by atoms with Crippen LogP contribution in [0.1, 0.15) is 28.7 Å². The van der Waals surface area contributed by atoms with E-state index in [1.165, 1.54) is 0 Å². The molecule has 2 aromatic rings. The number of nitrogens with one attached hydrogen (secondary N) is 2. The molecule has 23 heavy (non-hydrogen) atoms. The fourth-order valence-electron chi connectivity index (χ4n) is 2.32. The number of carbonyl (C=O) groups excluding carboxylic acids is 2. The Hall–Kier alpha value is -2.62. The molecule has 4 heteroatoms. The molecule has 0 aliphatic heterocycles. The Bertz CT molecular complexity index is 636. The third-order valence-corrected chi connectivity index (χ3v) is 3.47. The zero-order valence-corrected chi connectivity index (χ0v) is 13.6. The summed E-state index contributed by atoms with van der Waals surface area (Å²) in [5.41, 5.74) is 4.34. The average molecular weight is 310 g/mol. The quantitative estimate of drug-likeness (QED) is 0.806. The lowest BCUT2D eigenvalue weighted by atomic mass is 10.1. The highest BCUT2D eigenvalue weighted by Gasteiger charge is 2.09. The summed E-state index contributed by atoms with van der Waals surface area (Å²) in [5, 5.41) is 5.53. The molecule has 2 amide bonds. The lowest BCUT2D eigenvalue weighted by Gasteiger charge is -2.08. The summed E-state index contributed by atoms with van der Waals surface area (Å²) in [6, 6.07) is 15.8. The molecule has 0 spiro atoms. The maximum Gasteiger partial charge on any atom is 0.229 e. The molecule has 0 aliphatic rings. The van der Waals surface area contributed by atoms with Gasteiger partial charge in [0.25, 0.3) is 0 Å². The van der Waals surface area contributed by atoms with Crippen LogP contribution in [0.25, 0.3) is 0 Å². The molecular weight excluding hydrogens is 288 g/mol. The zero-order chi connectivity index (χ0) is 16.7. The molecule has 0 radical (unpaired) electrons. The molecule has 0 unspecified atom stereocenters. The second-order valence-electron chi connectivity index (χ2n) is 5.71. The van der Waals surface area contributed by atoms with Crippen molar-refractivity contribution < 1.29 is 9.59 Å². The molecule has 2 rings (SSSR count). The van der Waals surface area contributed by atoms with Gasteiger partial charge in [-0.25, -0.2) is 0 Å². The first-order valence-corrected chi connectivity index (χ1v) is 7.67. The smallest absolute Gasteiger partial charge is 0.229 e. The van der Waals surface area contributed by atoms with E-state index >= 15 is 0 Å². The summed E-state index contributed by atoms with van der Waals surface area (Å²) < 4.78 is 0. The highest BCUT2D eigenvalue weighted by atomic mass is 16.2. The largest absolute Gasteiger partial charge is 0.352 e.